The van der Waals surface area contributed by atoms with Gasteiger partial charge in [0.1, 0.15) is 17.1 Å². The molecule has 3 nitrogen and oxygen atoms in total. The van der Waals surface area contributed by atoms with Crippen molar-refractivity contribution in [3.63, 3.8) is 0 Å². The lowest BCUT2D eigenvalue weighted by molar-refractivity contribution is 0.0678. The van der Waals surface area contributed by atoms with Crippen molar-refractivity contribution < 1.29 is 19.0 Å². The van der Waals surface area contributed by atoms with Gasteiger partial charge in [0.25, 0.3) is 0 Å². The lowest BCUT2D eigenvalue weighted by atomic mass is 9.96. The molecule has 16 heavy (non-hydrogen) atoms. The summed E-state index contributed by atoms with van der Waals surface area (Å²) < 4.78 is 18.9. The Morgan fingerprint density at radius 3 is 2.69 bits per heavy atom. The van der Waals surface area contributed by atoms with Crippen LogP contribution in [0.15, 0.2) is 16.6 Å². The van der Waals surface area contributed by atoms with Crippen molar-refractivity contribution in [3.05, 3.63) is 28.0 Å². The molecule has 0 bridgehead atoms. The molecule has 1 saturated carbocycles. The van der Waals surface area contributed by atoms with E-state index in [1.807, 2.05) is 0 Å². The largest absolute Gasteiger partial charge is 0.488 e. The monoisotopic (exact) mass is 288 g/mol. The molecule has 1 N–H and O–H groups in total. The first-order valence-electron chi connectivity index (χ1n) is 4.97. The van der Waals surface area contributed by atoms with Gasteiger partial charge in [-0.1, -0.05) is 0 Å². The molecule has 0 spiro atoms. The molecule has 0 unspecified atom stereocenters. The van der Waals surface area contributed by atoms with Gasteiger partial charge in [-0.15, -0.1) is 0 Å². The van der Waals surface area contributed by atoms with Crippen molar-refractivity contribution in [3.8, 4) is 5.75 Å². The summed E-state index contributed by atoms with van der Waals surface area (Å²) in [6.07, 6.45) is 2.98. The van der Waals surface area contributed by atoms with Gasteiger partial charge in [-0.05, 0) is 47.3 Å². The third-order valence-electron chi connectivity index (χ3n) is 2.58. The second kappa shape index (κ2) is 4.41. The fourth-order valence-electron chi connectivity index (χ4n) is 1.49. The van der Waals surface area contributed by atoms with Crippen LogP contribution in [0.3, 0.4) is 0 Å². The fraction of sp³-hybridized carbons (Fsp3) is 0.364. The Balaban J connectivity index is 2.35. The normalized spacial score (nSPS) is 15.6. The Labute approximate surface area is 100 Å². The Hall–Kier alpha value is -1.10. The van der Waals surface area contributed by atoms with Crippen molar-refractivity contribution in [2.75, 3.05) is 0 Å². The van der Waals surface area contributed by atoms with Gasteiger partial charge in [-0.3, -0.25) is 0 Å². The Kier molecular flexibility index (Phi) is 3.14. The number of hydrogen-bond donors (Lipinski definition) is 1. The van der Waals surface area contributed by atoms with Gasteiger partial charge in [-0.25, -0.2) is 9.18 Å². The second-order valence-electron chi connectivity index (χ2n) is 3.74. The number of carbonyl (C=O) groups is 1. The summed E-state index contributed by atoms with van der Waals surface area (Å²) in [5.74, 6) is -1.56. The number of hydrogen-bond acceptors (Lipinski definition) is 2. The van der Waals surface area contributed by atoms with Crippen LogP contribution in [0.4, 0.5) is 4.39 Å². The summed E-state index contributed by atoms with van der Waals surface area (Å²) in [5.41, 5.74) is -0.140. The summed E-state index contributed by atoms with van der Waals surface area (Å²) in [7, 11) is 0. The minimum atomic E-state index is -1.19. The molecule has 2 rings (SSSR count). The van der Waals surface area contributed by atoms with Gasteiger partial charge in [-0.2, -0.15) is 0 Å². The van der Waals surface area contributed by atoms with Crippen LogP contribution in [-0.4, -0.2) is 17.2 Å². The Morgan fingerprint density at radius 1 is 1.50 bits per heavy atom. The number of aromatic carboxylic acids is 1. The zero-order valence-electron chi connectivity index (χ0n) is 8.37. The zero-order valence-corrected chi connectivity index (χ0v) is 9.96. The van der Waals surface area contributed by atoms with E-state index in [4.69, 9.17) is 9.84 Å². The number of carboxylic acids is 1. The van der Waals surface area contributed by atoms with Crippen LogP contribution in [-0.2, 0) is 0 Å². The summed E-state index contributed by atoms with van der Waals surface area (Å²) in [6.45, 7) is 0. The molecule has 5 heteroatoms. The van der Waals surface area contributed by atoms with Crippen LogP contribution in [0.1, 0.15) is 29.6 Å². The molecule has 0 aromatic heterocycles. The smallest absolute Gasteiger partial charge is 0.339 e. The van der Waals surface area contributed by atoms with Crippen molar-refractivity contribution in [2.24, 2.45) is 0 Å². The molecule has 0 radical (unpaired) electrons. The minimum absolute atomic E-state index is 0.0554. The topological polar surface area (TPSA) is 46.5 Å². The van der Waals surface area contributed by atoms with Gasteiger partial charge in [0, 0.05) is 0 Å². The second-order valence-corrected chi connectivity index (χ2v) is 4.59. The number of ether oxygens (including phenoxy) is 1. The van der Waals surface area contributed by atoms with E-state index in [0.29, 0.717) is 4.47 Å². The van der Waals surface area contributed by atoms with Crippen molar-refractivity contribution in [1.82, 2.24) is 0 Å². The first-order chi connectivity index (χ1) is 7.58. The molecule has 0 aliphatic heterocycles. The average molecular weight is 289 g/mol. The molecular formula is C11H10BrFO3. The molecule has 1 aromatic rings. The highest BCUT2D eigenvalue weighted by Crippen LogP contribution is 2.34. The summed E-state index contributed by atoms with van der Waals surface area (Å²) >= 11 is 3.12. The van der Waals surface area contributed by atoms with Gasteiger partial charge < -0.3 is 9.84 Å². The van der Waals surface area contributed by atoms with Crippen LogP contribution in [0, 0.1) is 5.82 Å². The maximum absolute atomic E-state index is 13.1. The van der Waals surface area contributed by atoms with Crippen LogP contribution in [0.2, 0.25) is 0 Å². The number of benzene rings is 1. The van der Waals surface area contributed by atoms with Crippen molar-refractivity contribution >= 4 is 21.9 Å². The molecular weight excluding hydrogens is 279 g/mol. The standard InChI is InChI=1S/C11H10BrFO3/c12-9-5-6(13)4-8(11(14)15)10(9)16-7-2-1-3-7/h4-5,7H,1-3H2,(H,14,15). The molecule has 0 heterocycles. The van der Waals surface area contributed by atoms with Gasteiger partial charge in [0.05, 0.1) is 10.6 Å². The highest BCUT2D eigenvalue weighted by Gasteiger charge is 2.24. The van der Waals surface area contributed by atoms with Crippen molar-refractivity contribution in [2.45, 2.75) is 25.4 Å². The number of rotatable bonds is 3. The highest BCUT2D eigenvalue weighted by molar-refractivity contribution is 9.10. The minimum Gasteiger partial charge on any atom is -0.488 e. The Bertz CT molecular complexity index is 429. The molecule has 0 saturated heterocycles. The average Bonchev–Trinajstić information content (AvgIpc) is 2.12. The van der Waals surface area contributed by atoms with Crippen LogP contribution in [0.25, 0.3) is 0 Å². The molecule has 1 aliphatic carbocycles. The van der Waals surface area contributed by atoms with Gasteiger partial charge in [0.15, 0.2) is 0 Å². The molecule has 86 valence electrons. The lowest BCUT2D eigenvalue weighted by Crippen LogP contribution is -2.25. The third kappa shape index (κ3) is 2.19. The van der Waals surface area contributed by atoms with Crippen LogP contribution < -0.4 is 4.74 Å². The fourth-order valence-corrected chi connectivity index (χ4v) is 2.02. The summed E-state index contributed by atoms with van der Waals surface area (Å²) in [4.78, 5) is 10.9. The van der Waals surface area contributed by atoms with E-state index in [1.165, 1.54) is 6.07 Å². The molecule has 0 atom stereocenters. The molecule has 1 aromatic carbocycles. The Morgan fingerprint density at radius 2 is 2.19 bits per heavy atom. The third-order valence-corrected chi connectivity index (χ3v) is 3.16. The maximum atomic E-state index is 13.1. The maximum Gasteiger partial charge on any atom is 0.339 e. The van der Waals surface area contributed by atoms with Gasteiger partial charge >= 0.3 is 5.97 Å². The number of halogens is 2. The SMILES string of the molecule is O=C(O)c1cc(F)cc(Br)c1OC1CCC1. The quantitative estimate of drug-likeness (QED) is 0.929. The number of carboxylic acid groups (broad SMARTS) is 1. The van der Waals surface area contributed by atoms with E-state index in [-0.39, 0.29) is 17.4 Å². The predicted octanol–water partition coefficient (Wildman–Crippen LogP) is 3.22. The van der Waals surface area contributed by atoms with Crippen LogP contribution >= 0.6 is 15.9 Å². The van der Waals surface area contributed by atoms with E-state index in [1.54, 1.807) is 0 Å². The van der Waals surface area contributed by atoms with E-state index >= 15 is 0 Å². The van der Waals surface area contributed by atoms with Crippen molar-refractivity contribution in [1.29, 1.82) is 0 Å². The molecule has 1 fully saturated rings. The van der Waals surface area contributed by atoms with E-state index in [0.717, 1.165) is 25.3 Å². The first kappa shape index (κ1) is 11.4. The molecule has 1 aliphatic rings. The van der Waals surface area contributed by atoms with E-state index in [9.17, 15) is 9.18 Å². The summed E-state index contributed by atoms with van der Waals surface area (Å²) in [5, 5.41) is 8.95. The lowest BCUT2D eigenvalue weighted by Gasteiger charge is -2.27. The predicted molar refractivity (Wildman–Crippen MR) is 59.3 cm³/mol. The van der Waals surface area contributed by atoms with Gasteiger partial charge in [0.2, 0.25) is 0 Å². The van der Waals surface area contributed by atoms with E-state index in [2.05, 4.69) is 15.9 Å². The highest BCUT2D eigenvalue weighted by atomic mass is 79.9. The van der Waals surface area contributed by atoms with E-state index < -0.39 is 11.8 Å². The first-order valence-corrected chi connectivity index (χ1v) is 5.76. The van der Waals surface area contributed by atoms with Crippen LogP contribution in [0.5, 0.6) is 5.75 Å². The summed E-state index contributed by atoms with van der Waals surface area (Å²) in [6, 6.07) is 2.18. The molecule has 0 amide bonds. The zero-order chi connectivity index (χ0) is 11.7.